The zero-order valence-electron chi connectivity index (χ0n) is 12.4. The summed E-state index contributed by atoms with van der Waals surface area (Å²) in [5.74, 6) is -0.112. The van der Waals surface area contributed by atoms with Gasteiger partial charge in [-0.1, -0.05) is 12.8 Å². The van der Waals surface area contributed by atoms with Gasteiger partial charge in [0.1, 0.15) is 5.69 Å². The van der Waals surface area contributed by atoms with E-state index in [4.69, 9.17) is 0 Å². The lowest BCUT2D eigenvalue weighted by molar-refractivity contribution is 0.0946. The van der Waals surface area contributed by atoms with Crippen LogP contribution in [0.2, 0.25) is 0 Å². The third-order valence-corrected chi connectivity index (χ3v) is 3.57. The van der Waals surface area contributed by atoms with Crippen LogP contribution in [0.4, 0.5) is 5.69 Å². The minimum atomic E-state index is -0.112. The molecule has 2 rings (SSSR count). The van der Waals surface area contributed by atoms with E-state index in [2.05, 4.69) is 15.6 Å². The van der Waals surface area contributed by atoms with Gasteiger partial charge >= 0.3 is 0 Å². The molecule has 0 aromatic carbocycles. The summed E-state index contributed by atoms with van der Waals surface area (Å²) in [6.45, 7) is 1.46. The van der Waals surface area contributed by atoms with Gasteiger partial charge in [0, 0.05) is 19.1 Å². The van der Waals surface area contributed by atoms with E-state index < -0.39 is 0 Å². The number of hydrogen-bond acceptors (Lipinski definition) is 4. The zero-order chi connectivity index (χ0) is 14.4. The molecule has 5 heteroatoms. The van der Waals surface area contributed by atoms with Gasteiger partial charge in [0.05, 0.1) is 11.9 Å². The van der Waals surface area contributed by atoms with Crippen molar-refractivity contribution in [1.82, 2.24) is 15.2 Å². The Morgan fingerprint density at radius 1 is 1.35 bits per heavy atom. The summed E-state index contributed by atoms with van der Waals surface area (Å²) in [6, 6.07) is 4.28. The van der Waals surface area contributed by atoms with E-state index in [0.29, 0.717) is 18.3 Å². The van der Waals surface area contributed by atoms with E-state index in [1.165, 1.54) is 25.7 Å². The first-order valence-corrected chi connectivity index (χ1v) is 7.30. The largest absolute Gasteiger partial charge is 0.381 e. The molecule has 1 fully saturated rings. The standard InChI is InChI=1S/C15H24N4O/c1-19(2)10-9-16-15(20)14-8-7-13(11-17-14)18-12-5-3-4-6-12/h7-8,11-12,18H,3-6,9-10H2,1-2H3,(H,16,20). The summed E-state index contributed by atoms with van der Waals surface area (Å²) in [5.41, 5.74) is 1.47. The van der Waals surface area contributed by atoms with Crippen molar-refractivity contribution >= 4 is 11.6 Å². The molecule has 0 aliphatic heterocycles. The molecular weight excluding hydrogens is 252 g/mol. The predicted molar refractivity (Wildman–Crippen MR) is 81.0 cm³/mol. The van der Waals surface area contributed by atoms with E-state index in [1.54, 1.807) is 12.3 Å². The Bertz CT molecular complexity index is 424. The summed E-state index contributed by atoms with van der Waals surface area (Å²) in [5, 5.41) is 6.32. The summed E-state index contributed by atoms with van der Waals surface area (Å²) >= 11 is 0. The Hall–Kier alpha value is -1.62. The second-order valence-corrected chi connectivity index (χ2v) is 5.62. The average Bonchev–Trinajstić information content (AvgIpc) is 2.92. The Morgan fingerprint density at radius 2 is 2.10 bits per heavy atom. The zero-order valence-corrected chi connectivity index (χ0v) is 12.4. The van der Waals surface area contributed by atoms with Crippen LogP contribution in [0.5, 0.6) is 0 Å². The van der Waals surface area contributed by atoms with Gasteiger partial charge in [-0.05, 0) is 39.1 Å². The molecular formula is C15H24N4O. The first-order chi connectivity index (χ1) is 9.65. The summed E-state index contributed by atoms with van der Waals surface area (Å²) < 4.78 is 0. The second kappa shape index (κ2) is 7.24. The number of likely N-dealkylation sites (N-methyl/N-ethyl adjacent to an activating group) is 1. The number of pyridine rings is 1. The third kappa shape index (κ3) is 4.49. The number of aromatic nitrogens is 1. The Labute approximate surface area is 120 Å². The van der Waals surface area contributed by atoms with Crippen molar-refractivity contribution in [1.29, 1.82) is 0 Å². The summed E-state index contributed by atoms with van der Waals surface area (Å²) in [7, 11) is 3.96. The van der Waals surface area contributed by atoms with Gasteiger partial charge in [0.2, 0.25) is 0 Å². The molecule has 0 atom stereocenters. The van der Waals surface area contributed by atoms with Crippen molar-refractivity contribution in [3.63, 3.8) is 0 Å². The number of hydrogen-bond donors (Lipinski definition) is 2. The molecule has 1 aromatic heterocycles. The molecule has 1 heterocycles. The van der Waals surface area contributed by atoms with E-state index in [0.717, 1.165) is 12.2 Å². The second-order valence-electron chi connectivity index (χ2n) is 5.62. The van der Waals surface area contributed by atoms with E-state index >= 15 is 0 Å². The maximum absolute atomic E-state index is 11.9. The van der Waals surface area contributed by atoms with Crippen molar-refractivity contribution in [2.24, 2.45) is 0 Å². The summed E-state index contributed by atoms with van der Waals surface area (Å²) in [6.07, 6.45) is 6.81. The highest BCUT2D eigenvalue weighted by atomic mass is 16.1. The van der Waals surface area contributed by atoms with Crippen LogP contribution in [-0.4, -0.2) is 49.0 Å². The molecule has 0 saturated heterocycles. The van der Waals surface area contributed by atoms with Crippen LogP contribution in [-0.2, 0) is 0 Å². The predicted octanol–water partition coefficient (Wildman–Crippen LogP) is 1.73. The number of anilines is 1. The highest BCUT2D eigenvalue weighted by molar-refractivity contribution is 5.92. The van der Waals surface area contributed by atoms with Crippen LogP contribution in [0.1, 0.15) is 36.2 Å². The van der Waals surface area contributed by atoms with Crippen LogP contribution in [0.3, 0.4) is 0 Å². The lowest BCUT2D eigenvalue weighted by Gasteiger charge is -2.13. The molecule has 0 radical (unpaired) electrons. The Kier molecular flexibility index (Phi) is 5.35. The molecule has 20 heavy (non-hydrogen) atoms. The van der Waals surface area contributed by atoms with E-state index in [1.807, 2.05) is 25.1 Å². The number of rotatable bonds is 6. The molecule has 1 aromatic rings. The SMILES string of the molecule is CN(C)CCNC(=O)c1ccc(NC2CCCC2)cn1. The van der Waals surface area contributed by atoms with Gasteiger partial charge in [-0.15, -0.1) is 0 Å². The number of carbonyl (C=O) groups is 1. The van der Waals surface area contributed by atoms with E-state index in [9.17, 15) is 4.79 Å². The normalized spacial score (nSPS) is 15.6. The topological polar surface area (TPSA) is 57.3 Å². The molecule has 0 bridgehead atoms. The number of carbonyl (C=O) groups excluding carboxylic acids is 1. The number of nitrogens with zero attached hydrogens (tertiary/aromatic N) is 2. The smallest absolute Gasteiger partial charge is 0.269 e. The van der Waals surface area contributed by atoms with Crippen LogP contribution < -0.4 is 10.6 Å². The molecule has 1 saturated carbocycles. The molecule has 1 aliphatic carbocycles. The molecule has 0 spiro atoms. The first kappa shape index (κ1) is 14.8. The number of nitrogens with one attached hydrogen (secondary N) is 2. The Balaban J connectivity index is 1.82. The molecule has 110 valence electrons. The maximum atomic E-state index is 11.9. The van der Waals surface area contributed by atoms with Crippen molar-refractivity contribution in [3.8, 4) is 0 Å². The van der Waals surface area contributed by atoms with Crippen LogP contribution >= 0.6 is 0 Å². The third-order valence-electron chi connectivity index (χ3n) is 3.57. The van der Waals surface area contributed by atoms with Crippen LogP contribution in [0.15, 0.2) is 18.3 Å². The summed E-state index contributed by atoms with van der Waals surface area (Å²) in [4.78, 5) is 18.1. The number of amides is 1. The minimum Gasteiger partial charge on any atom is -0.381 e. The van der Waals surface area contributed by atoms with Crippen LogP contribution in [0.25, 0.3) is 0 Å². The fourth-order valence-electron chi connectivity index (χ4n) is 2.40. The fraction of sp³-hybridized carbons (Fsp3) is 0.600. The van der Waals surface area contributed by atoms with Crippen molar-refractivity contribution in [2.75, 3.05) is 32.5 Å². The highest BCUT2D eigenvalue weighted by Crippen LogP contribution is 2.21. The molecule has 1 aliphatic rings. The molecule has 5 nitrogen and oxygen atoms in total. The molecule has 0 unspecified atom stereocenters. The average molecular weight is 276 g/mol. The van der Waals surface area contributed by atoms with Gasteiger partial charge in [0.15, 0.2) is 0 Å². The van der Waals surface area contributed by atoms with Crippen LogP contribution in [0, 0.1) is 0 Å². The van der Waals surface area contributed by atoms with Gasteiger partial charge in [-0.3, -0.25) is 4.79 Å². The first-order valence-electron chi connectivity index (χ1n) is 7.30. The van der Waals surface area contributed by atoms with Crippen molar-refractivity contribution in [3.05, 3.63) is 24.0 Å². The van der Waals surface area contributed by atoms with Gasteiger partial charge < -0.3 is 15.5 Å². The molecule has 1 amide bonds. The fourth-order valence-corrected chi connectivity index (χ4v) is 2.40. The lowest BCUT2D eigenvalue weighted by atomic mass is 10.2. The maximum Gasteiger partial charge on any atom is 0.269 e. The van der Waals surface area contributed by atoms with Crippen molar-refractivity contribution < 1.29 is 4.79 Å². The lowest BCUT2D eigenvalue weighted by Crippen LogP contribution is -2.31. The van der Waals surface area contributed by atoms with Gasteiger partial charge in [-0.25, -0.2) is 4.98 Å². The molecule has 2 N–H and O–H groups in total. The highest BCUT2D eigenvalue weighted by Gasteiger charge is 2.14. The minimum absolute atomic E-state index is 0.112. The Morgan fingerprint density at radius 3 is 2.70 bits per heavy atom. The van der Waals surface area contributed by atoms with Gasteiger partial charge in [0.25, 0.3) is 5.91 Å². The van der Waals surface area contributed by atoms with Gasteiger partial charge in [-0.2, -0.15) is 0 Å². The van der Waals surface area contributed by atoms with E-state index in [-0.39, 0.29) is 5.91 Å². The van der Waals surface area contributed by atoms with Crippen molar-refractivity contribution in [2.45, 2.75) is 31.7 Å². The monoisotopic (exact) mass is 276 g/mol. The quantitative estimate of drug-likeness (QED) is 0.831.